The van der Waals surface area contributed by atoms with Crippen LogP contribution in [0.5, 0.6) is 0 Å². The van der Waals surface area contributed by atoms with Crippen LogP contribution in [0, 0.1) is 43.4 Å². The van der Waals surface area contributed by atoms with Gasteiger partial charge < -0.3 is 0 Å². The van der Waals surface area contributed by atoms with Gasteiger partial charge in [-0.25, -0.2) is 0 Å². The van der Waals surface area contributed by atoms with Crippen LogP contribution in [0.1, 0.15) is 40.0 Å². The molecule has 3 fully saturated rings. The van der Waals surface area contributed by atoms with Crippen molar-refractivity contribution in [3.05, 3.63) is 21.4 Å². The lowest BCUT2D eigenvalue weighted by Crippen LogP contribution is -2.03. The molecule has 0 aromatic carbocycles. The Bertz CT molecular complexity index is 447. The molecule has 17 heavy (non-hydrogen) atoms. The minimum absolute atomic E-state index is 0.312. The standard InChI is InChI=1S/C15H19ClS/c1-7-5-8(2)17-15(7)14(16)13-11-9-3-4-10(6-9)12(11)13/h5,9-14H,3-4,6H2,1-2H3. The second-order valence-electron chi connectivity index (χ2n) is 6.37. The molecule has 0 saturated heterocycles. The van der Waals surface area contributed by atoms with E-state index in [1.165, 1.54) is 34.6 Å². The number of halogens is 1. The van der Waals surface area contributed by atoms with Crippen LogP contribution in [0.25, 0.3) is 0 Å². The van der Waals surface area contributed by atoms with E-state index < -0.39 is 0 Å². The van der Waals surface area contributed by atoms with Gasteiger partial charge in [0.1, 0.15) is 0 Å². The van der Waals surface area contributed by atoms with E-state index in [1.807, 2.05) is 11.3 Å². The minimum Gasteiger partial charge on any atom is -0.144 e. The highest BCUT2D eigenvalue weighted by Gasteiger charge is 2.66. The van der Waals surface area contributed by atoms with Crippen LogP contribution in [0.3, 0.4) is 0 Å². The van der Waals surface area contributed by atoms with Gasteiger partial charge in [-0.05, 0) is 74.3 Å². The molecule has 0 aliphatic heterocycles. The summed E-state index contributed by atoms with van der Waals surface area (Å²) in [7, 11) is 0. The summed E-state index contributed by atoms with van der Waals surface area (Å²) < 4.78 is 0. The second kappa shape index (κ2) is 3.51. The number of thiophene rings is 1. The predicted molar refractivity (Wildman–Crippen MR) is 73.7 cm³/mol. The molecule has 1 aromatic rings. The molecule has 5 unspecified atom stereocenters. The molecule has 2 heteroatoms. The largest absolute Gasteiger partial charge is 0.144 e. The van der Waals surface area contributed by atoms with Crippen LogP contribution in [0.4, 0.5) is 0 Å². The molecule has 3 aliphatic rings. The summed E-state index contributed by atoms with van der Waals surface area (Å²) >= 11 is 8.71. The molecule has 3 aliphatic carbocycles. The van der Waals surface area contributed by atoms with Gasteiger partial charge in [-0.3, -0.25) is 0 Å². The molecule has 0 spiro atoms. The van der Waals surface area contributed by atoms with Gasteiger partial charge in [-0.15, -0.1) is 22.9 Å². The Hall–Kier alpha value is -0.0100. The Morgan fingerprint density at radius 3 is 2.41 bits per heavy atom. The lowest BCUT2D eigenvalue weighted by Gasteiger charge is -2.14. The third-order valence-corrected chi connectivity index (χ3v) is 7.34. The zero-order valence-electron chi connectivity index (χ0n) is 10.4. The van der Waals surface area contributed by atoms with Gasteiger partial charge in [0.2, 0.25) is 0 Å². The maximum atomic E-state index is 6.79. The summed E-state index contributed by atoms with van der Waals surface area (Å²) in [6.07, 6.45) is 4.51. The van der Waals surface area contributed by atoms with Crippen molar-refractivity contribution in [3.63, 3.8) is 0 Å². The van der Waals surface area contributed by atoms with Gasteiger partial charge in [0, 0.05) is 9.75 Å². The summed E-state index contributed by atoms with van der Waals surface area (Å²) in [5.41, 5.74) is 1.42. The summed E-state index contributed by atoms with van der Waals surface area (Å²) in [6.45, 7) is 4.42. The van der Waals surface area contributed by atoms with Gasteiger partial charge in [-0.1, -0.05) is 0 Å². The Morgan fingerprint density at radius 2 is 1.88 bits per heavy atom. The molecule has 0 radical (unpaired) electrons. The average molecular weight is 267 g/mol. The van der Waals surface area contributed by atoms with Gasteiger partial charge in [0.25, 0.3) is 0 Å². The van der Waals surface area contributed by atoms with Crippen LogP contribution in [-0.2, 0) is 0 Å². The van der Waals surface area contributed by atoms with Gasteiger partial charge >= 0.3 is 0 Å². The van der Waals surface area contributed by atoms with E-state index >= 15 is 0 Å². The smallest absolute Gasteiger partial charge is 0.0715 e. The highest BCUT2D eigenvalue weighted by molar-refractivity contribution is 7.12. The highest BCUT2D eigenvalue weighted by atomic mass is 35.5. The maximum absolute atomic E-state index is 6.79. The van der Waals surface area contributed by atoms with E-state index in [2.05, 4.69) is 19.9 Å². The molecule has 0 amide bonds. The fraction of sp³-hybridized carbons (Fsp3) is 0.733. The number of aryl methyl sites for hydroxylation is 2. The van der Waals surface area contributed by atoms with E-state index in [1.54, 1.807) is 0 Å². The molecular weight excluding hydrogens is 248 g/mol. The molecule has 0 nitrogen and oxygen atoms in total. The SMILES string of the molecule is Cc1cc(C)c(C(Cl)C2C3C4CCC(C4)C32)s1. The molecule has 0 N–H and O–H groups in total. The fourth-order valence-corrected chi connectivity index (χ4v) is 6.61. The van der Waals surface area contributed by atoms with Crippen LogP contribution >= 0.6 is 22.9 Å². The van der Waals surface area contributed by atoms with E-state index in [0.717, 1.165) is 29.6 Å². The topological polar surface area (TPSA) is 0 Å². The fourth-order valence-electron chi connectivity index (χ4n) is 4.89. The normalized spacial score (nSPS) is 43.8. The number of hydrogen-bond acceptors (Lipinski definition) is 1. The number of hydrogen-bond donors (Lipinski definition) is 0. The Morgan fingerprint density at radius 1 is 1.24 bits per heavy atom. The Labute approximate surface area is 112 Å². The van der Waals surface area contributed by atoms with Crippen molar-refractivity contribution in [2.24, 2.45) is 29.6 Å². The molecule has 1 aromatic heterocycles. The molecule has 92 valence electrons. The minimum atomic E-state index is 0.312. The zero-order valence-corrected chi connectivity index (χ0v) is 12.0. The number of alkyl halides is 1. The first-order valence-electron chi connectivity index (χ1n) is 6.88. The van der Waals surface area contributed by atoms with Gasteiger partial charge in [-0.2, -0.15) is 0 Å². The van der Waals surface area contributed by atoms with Crippen molar-refractivity contribution < 1.29 is 0 Å². The van der Waals surface area contributed by atoms with Gasteiger partial charge in [0.15, 0.2) is 0 Å². The predicted octanol–water partition coefficient (Wildman–Crippen LogP) is 4.94. The van der Waals surface area contributed by atoms with Crippen LogP contribution in [0.2, 0.25) is 0 Å². The molecule has 1 heterocycles. The summed E-state index contributed by atoms with van der Waals surface area (Å²) in [5, 5.41) is 0.312. The lowest BCUT2D eigenvalue weighted by molar-refractivity contribution is 0.456. The Kier molecular flexibility index (Phi) is 2.25. The van der Waals surface area contributed by atoms with Crippen molar-refractivity contribution >= 4 is 22.9 Å². The molecule has 2 bridgehead atoms. The summed E-state index contributed by atoms with van der Waals surface area (Å²) in [5.74, 6) is 4.89. The quantitative estimate of drug-likeness (QED) is 0.666. The first-order valence-corrected chi connectivity index (χ1v) is 8.13. The monoisotopic (exact) mass is 266 g/mol. The highest BCUT2D eigenvalue weighted by Crippen LogP contribution is 2.73. The van der Waals surface area contributed by atoms with E-state index in [9.17, 15) is 0 Å². The van der Waals surface area contributed by atoms with Crippen molar-refractivity contribution in [1.82, 2.24) is 0 Å². The third kappa shape index (κ3) is 1.42. The van der Waals surface area contributed by atoms with Crippen molar-refractivity contribution in [1.29, 1.82) is 0 Å². The molecule has 5 atom stereocenters. The summed E-state index contributed by atoms with van der Waals surface area (Å²) in [4.78, 5) is 2.87. The third-order valence-electron chi connectivity index (χ3n) is 5.46. The maximum Gasteiger partial charge on any atom is 0.0715 e. The summed E-state index contributed by atoms with van der Waals surface area (Å²) in [6, 6.07) is 2.29. The van der Waals surface area contributed by atoms with E-state index in [0.29, 0.717) is 5.38 Å². The lowest BCUT2D eigenvalue weighted by atomic mass is 9.99. The second-order valence-corrected chi connectivity index (χ2v) is 8.13. The van der Waals surface area contributed by atoms with Crippen molar-refractivity contribution in [3.8, 4) is 0 Å². The average Bonchev–Trinajstić information content (AvgIpc) is 2.59. The van der Waals surface area contributed by atoms with Gasteiger partial charge in [0.05, 0.1) is 5.38 Å². The number of fused-ring (bicyclic) bond motifs is 5. The number of rotatable bonds is 2. The molecule has 3 saturated carbocycles. The van der Waals surface area contributed by atoms with Crippen LogP contribution < -0.4 is 0 Å². The van der Waals surface area contributed by atoms with Crippen LogP contribution in [-0.4, -0.2) is 0 Å². The first kappa shape index (κ1) is 10.9. The van der Waals surface area contributed by atoms with E-state index in [-0.39, 0.29) is 0 Å². The van der Waals surface area contributed by atoms with Crippen LogP contribution in [0.15, 0.2) is 6.07 Å². The Balaban J connectivity index is 1.59. The van der Waals surface area contributed by atoms with Crippen molar-refractivity contribution in [2.75, 3.05) is 0 Å². The van der Waals surface area contributed by atoms with Crippen molar-refractivity contribution in [2.45, 2.75) is 38.5 Å². The molecule has 4 rings (SSSR count). The first-order chi connectivity index (χ1) is 8.16. The zero-order chi connectivity index (χ0) is 11.7. The molecular formula is C15H19ClS. The van der Waals surface area contributed by atoms with E-state index in [4.69, 9.17) is 11.6 Å².